The van der Waals surface area contributed by atoms with E-state index < -0.39 is 0 Å². The molecule has 7 aromatic carbocycles. The second-order valence-electron chi connectivity index (χ2n) is 14.8. The van der Waals surface area contributed by atoms with Crippen molar-refractivity contribution < 1.29 is 4.74 Å². The summed E-state index contributed by atoms with van der Waals surface area (Å²) in [4.78, 5) is 0. The van der Waals surface area contributed by atoms with Gasteiger partial charge in [-0.1, -0.05) is 133 Å². The lowest BCUT2D eigenvalue weighted by atomic mass is 9.67. The van der Waals surface area contributed by atoms with Crippen LogP contribution >= 0.6 is 0 Å². The third-order valence-electron chi connectivity index (χ3n) is 12.2. The van der Waals surface area contributed by atoms with Crippen LogP contribution in [0.15, 0.2) is 170 Å². The van der Waals surface area contributed by atoms with Crippen LogP contribution < -0.4 is 4.74 Å². The molecule has 1 aliphatic heterocycles. The first-order valence-electron chi connectivity index (χ1n) is 18.4. The predicted octanol–water partition coefficient (Wildman–Crippen LogP) is 12.9. The summed E-state index contributed by atoms with van der Waals surface area (Å²) in [5, 5.41) is 2.44. The summed E-state index contributed by atoms with van der Waals surface area (Å²) >= 11 is 0. The summed E-state index contributed by atoms with van der Waals surface area (Å²) < 4.78 is 8.72. The second-order valence-corrected chi connectivity index (χ2v) is 14.8. The monoisotopic (exact) mass is 663 g/mol. The number of ether oxygens (including phenoxy) is 1. The van der Waals surface area contributed by atoms with Crippen molar-refractivity contribution >= 4 is 21.8 Å². The molecule has 0 fully saturated rings. The molecule has 8 aromatic rings. The van der Waals surface area contributed by atoms with Gasteiger partial charge in [-0.15, -0.1) is 0 Å². The van der Waals surface area contributed by atoms with Gasteiger partial charge in [0.05, 0.1) is 16.7 Å². The minimum absolute atomic E-state index is 0.448. The third-order valence-corrected chi connectivity index (χ3v) is 12.2. The molecule has 3 atom stereocenters. The Morgan fingerprint density at radius 3 is 2.17 bits per heavy atom. The average Bonchev–Trinajstić information content (AvgIpc) is 3.73. The molecule has 0 radical (unpaired) electrons. The van der Waals surface area contributed by atoms with E-state index in [9.17, 15) is 0 Å². The fourth-order valence-corrected chi connectivity index (χ4v) is 9.89. The standard InChI is InChI=1S/C50H33NO/c1-2-13-38-33(9-1)27-35-10-7-14-39-42-28-32(23-25-40(42)49(38)48(35)39)30-19-21-31(22-20-30)36-11-3-4-12-37(36)34-24-26-44-43(29-34)41-15-8-18-47-50(41)51(44)45-16-5-6-17-46(45)52-47/h1-26,28-29,33,38,49H,27H2. The number of allylic oxidation sites excluding steroid dienone is 4. The van der Waals surface area contributed by atoms with Crippen LogP contribution in [-0.4, -0.2) is 4.57 Å². The summed E-state index contributed by atoms with van der Waals surface area (Å²) in [6.45, 7) is 0. The molecule has 2 nitrogen and oxygen atoms in total. The Bertz CT molecular complexity index is 2870. The first kappa shape index (κ1) is 28.3. The molecule has 0 N–H and O–H groups in total. The van der Waals surface area contributed by atoms with Gasteiger partial charge in [-0.2, -0.15) is 0 Å². The molecule has 3 aliphatic carbocycles. The van der Waals surface area contributed by atoms with Crippen LogP contribution in [0.1, 0.15) is 22.6 Å². The van der Waals surface area contributed by atoms with Crippen LogP contribution in [0.4, 0.5) is 0 Å². The Kier molecular flexibility index (Phi) is 5.76. The maximum atomic E-state index is 6.36. The highest BCUT2D eigenvalue weighted by atomic mass is 16.5. The lowest BCUT2D eigenvalue weighted by molar-refractivity contribution is 0.401. The van der Waals surface area contributed by atoms with E-state index in [0.717, 1.165) is 29.1 Å². The molecular weight excluding hydrogens is 631 g/mol. The van der Waals surface area contributed by atoms with E-state index in [1.54, 1.807) is 5.56 Å². The molecule has 2 heterocycles. The van der Waals surface area contributed by atoms with Gasteiger partial charge in [0.1, 0.15) is 0 Å². The smallest absolute Gasteiger partial charge is 0.152 e. The van der Waals surface area contributed by atoms with E-state index in [4.69, 9.17) is 4.74 Å². The maximum Gasteiger partial charge on any atom is 0.152 e. The topological polar surface area (TPSA) is 14.2 Å². The zero-order chi connectivity index (χ0) is 33.9. The van der Waals surface area contributed by atoms with Gasteiger partial charge in [0.2, 0.25) is 0 Å². The Balaban J connectivity index is 0.924. The zero-order valence-corrected chi connectivity index (χ0v) is 28.5. The van der Waals surface area contributed by atoms with Gasteiger partial charge in [0.15, 0.2) is 11.5 Å². The van der Waals surface area contributed by atoms with E-state index in [1.807, 2.05) is 12.1 Å². The van der Waals surface area contributed by atoms with Crippen LogP contribution in [0.2, 0.25) is 0 Å². The van der Waals surface area contributed by atoms with Crippen molar-refractivity contribution in [1.82, 2.24) is 4.57 Å². The van der Waals surface area contributed by atoms with E-state index in [1.165, 1.54) is 71.9 Å². The molecular formula is C50H33NO. The molecule has 0 amide bonds. The first-order valence-corrected chi connectivity index (χ1v) is 18.4. The fourth-order valence-electron chi connectivity index (χ4n) is 9.89. The number of rotatable bonds is 3. The summed E-state index contributed by atoms with van der Waals surface area (Å²) in [6, 6.07) is 53.8. The van der Waals surface area contributed by atoms with E-state index in [-0.39, 0.29) is 0 Å². The van der Waals surface area contributed by atoms with Crippen LogP contribution in [0.25, 0.3) is 72.0 Å². The number of benzene rings is 7. The summed E-state index contributed by atoms with van der Waals surface area (Å²) in [7, 11) is 0. The third kappa shape index (κ3) is 3.90. The average molecular weight is 664 g/mol. The minimum Gasteiger partial charge on any atom is -0.453 e. The van der Waals surface area contributed by atoms with Gasteiger partial charge in [0, 0.05) is 16.7 Å². The first-order chi connectivity index (χ1) is 25.8. The van der Waals surface area contributed by atoms with E-state index in [2.05, 4.69) is 162 Å². The molecule has 0 saturated heterocycles. The van der Waals surface area contributed by atoms with Gasteiger partial charge < -0.3 is 9.30 Å². The van der Waals surface area contributed by atoms with Crippen LogP contribution in [0, 0.1) is 11.8 Å². The number of hydrogen-bond acceptors (Lipinski definition) is 1. The molecule has 244 valence electrons. The highest BCUT2D eigenvalue weighted by Crippen LogP contribution is 2.56. The molecule has 2 heteroatoms. The van der Waals surface area contributed by atoms with Crippen molar-refractivity contribution in [2.75, 3.05) is 0 Å². The summed E-state index contributed by atoms with van der Waals surface area (Å²) in [5.74, 6) is 3.35. The number of aromatic nitrogens is 1. The maximum absolute atomic E-state index is 6.36. The van der Waals surface area contributed by atoms with Crippen LogP contribution in [0.5, 0.6) is 11.5 Å². The number of para-hydroxylation sites is 3. The molecule has 0 saturated carbocycles. The Labute approximate surface area is 302 Å². The lowest BCUT2D eigenvalue weighted by Gasteiger charge is -2.36. The summed E-state index contributed by atoms with van der Waals surface area (Å²) in [5.41, 5.74) is 18.2. The highest BCUT2D eigenvalue weighted by Gasteiger charge is 2.42. The highest BCUT2D eigenvalue weighted by molar-refractivity contribution is 6.13. The predicted molar refractivity (Wildman–Crippen MR) is 213 cm³/mol. The minimum atomic E-state index is 0.448. The van der Waals surface area contributed by atoms with Gasteiger partial charge in [0.25, 0.3) is 0 Å². The Hall–Kier alpha value is -6.38. The molecule has 3 unspecified atom stereocenters. The largest absolute Gasteiger partial charge is 0.453 e. The number of fused-ring (bicyclic) bond motifs is 10. The van der Waals surface area contributed by atoms with Crippen LogP contribution in [-0.2, 0) is 6.42 Å². The molecule has 0 spiro atoms. The van der Waals surface area contributed by atoms with Crippen molar-refractivity contribution in [1.29, 1.82) is 0 Å². The quantitative estimate of drug-likeness (QED) is 0.183. The zero-order valence-electron chi connectivity index (χ0n) is 28.5. The van der Waals surface area contributed by atoms with Crippen molar-refractivity contribution in [2.24, 2.45) is 11.8 Å². The van der Waals surface area contributed by atoms with Gasteiger partial charge >= 0.3 is 0 Å². The van der Waals surface area contributed by atoms with Crippen molar-refractivity contribution in [3.63, 3.8) is 0 Å². The number of nitrogens with zero attached hydrogens (tertiary/aromatic N) is 1. The molecule has 52 heavy (non-hydrogen) atoms. The van der Waals surface area contributed by atoms with E-state index in [0.29, 0.717) is 17.8 Å². The lowest BCUT2D eigenvalue weighted by Crippen LogP contribution is -2.27. The molecule has 12 rings (SSSR count). The number of hydrogen-bond donors (Lipinski definition) is 0. The van der Waals surface area contributed by atoms with Gasteiger partial charge in [-0.3, -0.25) is 0 Å². The molecule has 1 aromatic heterocycles. The summed E-state index contributed by atoms with van der Waals surface area (Å²) in [6.07, 6.45) is 10.5. The Morgan fingerprint density at radius 2 is 1.25 bits per heavy atom. The SMILES string of the molecule is C1=CC2Cc3cccc4c3C(c3ccc(-c5ccc(-c6ccccc6-c6ccc7c(c6)c6cccc8c6n7-c6ccccc6O8)cc5)cc3-4)C2C=C1. The van der Waals surface area contributed by atoms with Crippen LogP contribution in [0.3, 0.4) is 0 Å². The normalized spacial score (nSPS) is 18.5. The second kappa shape index (κ2) is 10.6. The Morgan fingerprint density at radius 1 is 0.519 bits per heavy atom. The fraction of sp³-hybridized carbons (Fsp3) is 0.0800. The molecule has 4 aliphatic rings. The van der Waals surface area contributed by atoms with E-state index >= 15 is 0 Å². The van der Waals surface area contributed by atoms with Crippen molar-refractivity contribution in [3.8, 4) is 61.7 Å². The molecule has 0 bridgehead atoms. The van der Waals surface area contributed by atoms with Gasteiger partial charge in [-0.25, -0.2) is 0 Å². The van der Waals surface area contributed by atoms with Crippen molar-refractivity contribution in [2.45, 2.75) is 12.3 Å². The van der Waals surface area contributed by atoms with Crippen molar-refractivity contribution in [3.05, 3.63) is 187 Å². The van der Waals surface area contributed by atoms with Gasteiger partial charge in [-0.05, 0) is 116 Å².